The summed E-state index contributed by atoms with van der Waals surface area (Å²) in [5, 5.41) is 2.81. The third kappa shape index (κ3) is 6.42. The molecule has 0 bridgehead atoms. The Kier molecular flexibility index (Phi) is 9.19. The number of nitrogens with zero attached hydrogens (tertiary/aromatic N) is 2. The lowest BCUT2D eigenvalue weighted by Crippen LogP contribution is -2.38. The molecule has 37 heavy (non-hydrogen) atoms. The van der Waals surface area contributed by atoms with Crippen molar-refractivity contribution in [2.24, 2.45) is 0 Å². The van der Waals surface area contributed by atoms with Crippen LogP contribution >= 0.6 is 11.6 Å². The molecule has 3 aromatic rings. The highest BCUT2D eigenvalue weighted by molar-refractivity contribution is 7.92. The molecule has 9 nitrogen and oxygen atoms in total. The van der Waals surface area contributed by atoms with Gasteiger partial charge in [-0.15, -0.1) is 0 Å². The average molecular weight is 566 g/mol. The predicted octanol–water partition coefficient (Wildman–Crippen LogP) is 4.21. The van der Waals surface area contributed by atoms with E-state index in [4.69, 9.17) is 16.3 Å². The van der Waals surface area contributed by atoms with Crippen molar-refractivity contribution in [1.29, 1.82) is 0 Å². The van der Waals surface area contributed by atoms with Gasteiger partial charge in [-0.2, -0.15) is 4.31 Å². The second kappa shape index (κ2) is 12.0. The van der Waals surface area contributed by atoms with Crippen LogP contribution in [0.15, 0.2) is 82.6 Å². The number of amides is 1. The first-order valence-electron chi connectivity index (χ1n) is 11.4. The monoisotopic (exact) mass is 565 g/mol. The number of methoxy groups -OCH3 is 1. The van der Waals surface area contributed by atoms with Crippen LogP contribution in [0.2, 0.25) is 5.02 Å². The summed E-state index contributed by atoms with van der Waals surface area (Å²) in [6.45, 7) is 3.61. The van der Waals surface area contributed by atoms with E-state index in [1.807, 2.05) is 0 Å². The maximum Gasteiger partial charge on any atom is 0.264 e. The van der Waals surface area contributed by atoms with Crippen molar-refractivity contribution in [3.8, 4) is 5.75 Å². The fourth-order valence-corrected chi connectivity index (χ4v) is 6.74. The van der Waals surface area contributed by atoms with Gasteiger partial charge in [0.15, 0.2) is 0 Å². The maximum atomic E-state index is 13.5. The number of benzene rings is 3. The fourth-order valence-electron chi connectivity index (χ4n) is 3.60. The Labute approximate surface area is 222 Å². The van der Waals surface area contributed by atoms with Crippen LogP contribution in [0, 0.1) is 0 Å². The first kappa shape index (κ1) is 28.5. The number of hydrogen-bond acceptors (Lipinski definition) is 6. The molecule has 3 rings (SSSR count). The molecule has 198 valence electrons. The Balaban J connectivity index is 1.88. The first-order valence-corrected chi connectivity index (χ1v) is 14.6. The fraction of sp³-hybridized carbons (Fsp3) is 0.240. The van der Waals surface area contributed by atoms with Crippen molar-refractivity contribution >= 4 is 48.9 Å². The van der Waals surface area contributed by atoms with E-state index in [1.165, 1.54) is 66.0 Å². The van der Waals surface area contributed by atoms with Crippen molar-refractivity contribution in [3.63, 3.8) is 0 Å². The van der Waals surface area contributed by atoms with Crippen LogP contribution in [0.25, 0.3) is 0 Å². The highest BCUT2D eigenvalue weighted by atomic mass is 35.5. The van der Waals surface area contributed by atoms with Crippen LogP contribution in [-0.4, -0.2) is 53.8 Å². The van der Waals surface area contributed by atoms with Crippen LogP contribution in [0.5, 0.6) is 5.75 Å². The number of sulfonamides is 2. The third-order valence-corrected chi connectivity index (χ3v) is 9.67. The van der Waals surface area contributed by atoms with Gasteiger partial charge >= 0.3 is 0 Å². The smallest absolute Gasteiger partial charge is 0.264 e. The summed E-state index contributed by atoms with van der Waals surface area (Å²) in [6.07, 6.45) is 0. The molecule has 0 unspecified atom stereocenters. The summed E-state index contributed by atoms with van der Waals surface area (Å²) in [5.74, 6) is -0.280. The molecule has 0 atom stereocenters. The highest BCUT2D eigenvalue weighted by Crippen LogP contribution is 2.32. The van der Waals surface area contributed by atoms with Gasteiger partial charge in [0.25, 0.3) is 10.0 Å². The lowest BCUT2D eigenvalue weighted by molar-refractivity contribution is -0.114. The molecule has 0 aromatic heterocycles. The normalized spacial score (nSPS) is 11.8. The number of ether oxygens (including phenoxy) is 1. The second-order valence-corrected chi connectivity index (χ2v) is 12.0. The zero-order chi connectivity index (χ0) is 27.2. The van der Waals surface area contributed by atoms with Crippen LogP contribution in [0.4, 0.5) is 11.4 Å². The molecule has 0 heterocycles. The van der Waals surface area contributed by atoms with E-state index in [-0.39, 0.29) is 20.5 Å². The predicted molar refractivity (Wildman–Crippen MR) is 144 cm³/mol. The first-order chi connectivity index (χ1) is 17.5. The van der Waals surface area contributed by atoms with E-state index >= 15 is 0 Å². The quantitative estimate of drug-likeness (QED) is 0.372. The topological polar surface area (TPSA) is 113 Å². The summed E-state index contributed by atoms with van der Waals surface area (Å²) in [7, 11) is -6.35. The Bertz CT molecular complexity index is 1440. The summed E-state index contributed by atoms with van der Waals surface area (Å²) < 4.78 is 59.7. The van der Waals surface area contributed by atoms with E-state index in [2.05, 4.69) is 5.32 Å². The summed E-state index contributed by atoms with van der Waals surface area (Å²) in [4.78, 5) is 13.1. The van der Waals surface area contributed by atoms with Crippen LogP contribution in [0.3, 0.4) is 0 Å². The lowest BCUT2D eigenvalue weighted by atomic mass is 10.3. The summed E-state index contributed by atoms with van der Waals surface area (Å²) in [6, 6.07) is 17.8. The molecule has 1 amide bonds. The number of anilines is 2. The number of halogens is 1. The second-order valence-electron chi connectivity index (χ2n) is 7.81. The van der Waals surface area contributed by atoms with Crippen molar-refractivity contribution in [2.75, 3.05) is 36.4 Å². The Morgan fingerprint density at radius 2 is 1.46 bits per heavy atom. The van der Waals surface area contributed by atoms with Gasteiger partial charge in [0.1, 0.15) is 12.3 Å². The van der Waals surface area contributed by atoms with Crippen molar-refractivity contribution in [3.05, 3.63) is 77.8 Å². The number of carbonyl (C=O) groups is 1. The van der Waals surface area contributed by atoms with Crippen LogP contribution in [0.1, 0.15) is 13.8 Å². The molecule has 12 heteroatoms. The van der Waals surface area contributed by atoms with Crippen LogP contribution in [-0.2, 0) is 24.8 Å². The molecule has 0 spiro atoms. The zero-order valence-corrected chi connectivity index (χ0v) is 23.0. The summed E-state index contributed by atoms with van der Waals surface area (Å²) >= 11 is 6.23. The molecule has 0 saturated heterocycles. The number of rotatable bonds is 11. The van der Waals surface area contributed by atoms with Gasteiger partial charge in [-0.05, 0) is 54.6 Å². The van der Waals surface area contributed by atoms with Gasteiger partial charge in [-0.25, -0.2) is 16.8 Å². The van der Waals surface area contributed by atoms with Crippen molar-refractivity contribution < 1.29 is 26.4 Å². The molecule has 0 aliphatic rings. The molecule has 0 radical (unpaired) electrons. The van der Waals surface area contributed by atoms with E-state index < -0.39 is 32.5 Å². The lowest BCUT2D eigenvalue weighted by Gasteiger charge is -2.24. The summed E-state index contributed by atoms with van der Waals surface area (Å²) in [5.41, 5.74) is 0.485. The molecule has 0 aliphatic heterocycles. The Hall–Kier alpha value is -3.12. The van der Waals surface area contributed by atoms with E-state index in [9.17, 15) is 21.6 Å². The van der Waals surface area contributed by atoms with E-state index in [0.717, 1.165) is 4.31 Å². The Morgan fingerprint density at radius 1 is 0.865 bits per heavy atom. The van der Waals surface area contributed by atoms with E-state index in [1.54, 1.807) is 32.0 Å². The number of nitrogens with one attached hydrogen (secondary N) is 1. The molecule has 0 aliphatic carbocycles. The number of carbonyl (C=O) groups excluding carboxylic acids is 1. The maximum absolute atomic E-state index is 13.5. The molecule has 0 fully saturated rings. The average Bonchev–Trinajstić information content (AvgIpc) is 2.88. The van der Waals surface area contributed by atoms with Crippen molar-refractivity contribution in [2.45, 2.75) is 23.6 Å². The molecule has 0 saturated carbocycles. The third-order valence-electron chi connectivity index (χ3n) is 5.52. The molecule has 1 N–H and O–H groups in total. The standard InChI is InChI=1S/C25H28ClN3O6S2/c1-4-28(5-2)36(31,32)22-14-11-19(12-15-22)27-25(30)18-29(20-13-16-24(35-3)23(26)17-20)37(33,34)21-9-7-6-8-10-21/h6-17H,4-5,18H2,1-3H3,(H,27,30). The van der Waals surface area contributed by atoms with Gasteiger partial charge in [0, 0.05) is 18.8 Å². The largest absolute Gasteiger partial charge is 0.495 e. The molecular formula is C25H28ClN3O6S2. The molecule has 3 aromatic carbocycles. The molecular weight excluding hydrogens is 538 g/mol. The highest BCUT2D eigenvalue weighted by Gasteiger charge is 2.28. The zero-order valence-electron chi connectivity index (χ0n) is 20.6. The van der Waals surface area contributed by atoms with Gasteiger partial charge in [-0.3, -0.25) is 9.10 Å². The number of hydrogen-bond donors (Lipinski definition) is 1. The van der Waals surface area contributed by atoms with Gasteiger partial charge in [0.05, 0.1) is 27.6 Å². The van der Waals surface area contributed by atoms with Gasteiger partial charge in [0.2, 0.25) is 15.9 Å². The minimum absolute atomic E-state index is 0.000650. The van der Waals surface area contributed by atoms with E-state index in [0.29, 0.717) is 24.5 Å². The van der Waals surface area contributed by atoms with Crippen molar-refractivity contribution in [1.82, 2.24) is 4.31 Å². The van der Waals surface area contributed by atoms with Gasteiger partial charge < -0.3 is 10.1 Å². The Morgan fingerprint density at radius 3 is 2.00 bits per heavy atom. The van der Waals surface area contributed by atoms with Crippen LogP contribution < -0.4 is 14.4 Å². The SMILES string of the molecule is CCN(CC)S(=O)(=O)c1ccc(NC(=O)CN(c2ccc(OC)c(Cl)c2)S(=O)(=O)c2ccccc2)cc1. The van der Waals surface area contributed by atoms with Gasteiger partial charge in [-0.1, -0.05) is 43.6 Å². The minimum atomic E-state index is -4.13. The minimum Gasteiger partial charge on any atom is -0.495 e.